The maximum Gasteiger partial charge on any atom is 0.0741 e. The number of nitrogens with two attached hydrogens (primary N) is 1. The highest BCUT2D eigenvalue weighted by Gasteiger charge is 2.22. The van der Waals surface area contributed by atoms with Gasteiger partial charge in [-0.1, -0.05) is 39.0 Å². The Balaban J connectivity index is 2.10. The van der Waals surface area contributed by atoms with Crippen LogP contribution in [0, 0.1) is 0 Å². The average molecular weight is 228 g/mol. The number of nitrogens with one attached hydrogen (secondary N) is 1. The van der Waals surface area contributed by atoms with E-state index in [1.807, 2.05) is 0 Å². The smallest absolute Gasteiger partial charge is 0.0741 e. The van der Waals surface area contributed by atoms with E-state index in [2.05, 4.69) is 12.3 Å². The predicted molar refractivity (Wildman–Crippen MR) is 68.1 cm³/mol. The third kappa shape index (κ3) is 5.28. The van der Waals surface area contributed by atoms with Gasteiger partial charge in [-0.15, -0.1) is 0 Å². The summed E-state index contributed by atoms with van der Waals surface area (Å²) in [4.78, 5) is 0. The fourth-order valence-corrected chi connectivity index (χ4v) is 2.43. The fraction of sp³-hybridized carbons (Fsp3) is 1.00. The van der Waals surface area contributed by atoms with E-state index in [1.54, 1.807) is 0 Å². The van der Waals surface area contributed by atoms with Gasteiger partial charge in [-0.25, -0.2) is 0 Å². The summed E-state index contributed by atoms with van der Waals surface area (Å²) in [5.41, 5.74) is 2.94. The molecule has 0 saturated carbocycles. The van der Waals surface area contributed by atoms with Crippen molar-refractivity contribution in [2.45, 2.75) is 76.9 Å². The molecule has 1 heterocycles. The highest BCUT2D eigenvalue weighted by molar-refractivity contribution is 4.77. The summed E-state index contributed by atoms with van der Waals surface area (Å²) in [7, 11) is 0. The Hall–Kier alpha value is -0.120. The first-order chi connectivity index (χ1) is 7.88. The number of unbranched alkanes of at least 4 members (excludes halogenated alkanes) is 4. The van der Waals surface area contributed by atoms with Crippen molar-refractivity contribution in [1.29, 1.82) is 0 Å². The minimum Gasteiger partial charge on any atom is -0.377 e. The van der Waals surface area contributed by atoms with Crippen molar-refractivity contribution in [2.75, 3.05) is 6.61 Å². The van der Waals surface area contributed by atoms with Crippen LogP contribution in [0.25, 0.3) is 0 Å². The topological polar surface area (TPSA) is 47.3 Å². The molecule has 1 fully saturated rings. The zero-order valence-electron chi connectivity index (χ0n) is 10.7. The summed E-state index contributed by atoms with van der Waals surface area (Å²) in [5, 5.41) is 0. The average Bonchev–Trinajstić information content (AvgIpc) is 2.35. The largest absolute Gasteiger partial charge is 0.377 e. The highest BCUT2D eigenvalue weighted by Crippen LogP contribution is 2.19. The third-order valence-electron chi connectivity index (χ3n) is 3.50. The molecule has 0 aromatic carbocycles. The third-order valence-corrected chi connectivity index (χ3v) is 3.50. The summed E-state index contributed by atoms with van der Waals surface area (Å²) in [6.07, 6.45) is 11.8. The van der Waals surface area contributed by atoms with Crippen LogP contribution in [0.3, 0.4) is 0 Å². The Morgan fingerprint density at radius 2 is 2.06 bits per heavy atom. The Kier molecular flexibility index (Phi) is 7.81. The molecule has 1 aliphatic rings. The molecular formula is C13H28N2O. The maximum absolute atomic E-state index is 5.77. The zero-order chi connectivity index (χ0) is 11.6. The maximum atomic E-state index is 5.77. The molecule has 1 saturated heterocycles. The lowest BCUT2D eigenvalue weighted by molar-refractivity contribution is -0.00978. The Morgan fingerprint density at radius 1 is 1.25 bits per heavy atom. The molecule has 3 heteroatoms. The van der Waals surface area contributed by atoms with Gasteiger partial charge in [-0.2, -0.15) is 0 Å². The molecule has 0 radical (unpaired) electrons. The molecule has 0 bridgehead atoms. The van der Waals surface area contributed by atoms with Gasteiger partial charge in [0.15, 0.2) is 0 Å². The molecule has 0 amide bonds. The van der Waals surface area contributed by atoms with Crippen molar-refractivity contribution in [3.05, 3.63) is 0 Å². The van der Waals surface area contributed by atoms with Crippen LogP contribution in [0.15, 0.2) is 0 Å². The molecule has 16 heavy (non-hydrogen) atoms. The fourth-order valence-electron chi connectivity index (χ4n) is 2.43. The Labute approximate surface area is 100 Å². The van der Waals surface area contributed by atoms with E-state index in [-0.39, 0.29) is 0 Å². The van der Waals surface area contributed by atoms with Crippen molar-refractivity contribution in [2.24, 2.45) is 5.84 Å². The Morgan fingerprint density at radius 3 is 2.69 bits per heavy atom. The monoisotopic (exact) mass is 228 g/mol. The van der Waals surface area contributed by atoms with E-state index in [4.69, 9.17) is 10.6 Å². The van der Waals surface area contributed by atoms with Crippen molar-refractivity contribution >= 4 is 0 Å². The van der Waals surface area contributed by atoms with Crippen molar-refractivity contribution < 1.29 is 4.74 Å². The van der Waals surface area contributed by atoms with Gasteiger partial charge in [-0.3, -0.25) is 11.3 Å². The second kappa shape index (κ2) is 8.97. The van der Waals surface area contributed by atoms with Crippen molar-refractivity contribution in [3.63, 3.8) is 0 Å². The van der Waals surface area contributed by atoms with E-state index in [1.165, 1.54) is 51.4 Å². The number of rotatable bonds is 8. The van der Waals surface area contributed by atoms with Crippen LogP contribution in [0.2, 0.25) is 0 Å². The summed E-state index contributed by atoms with van der Waals surface area (Å²) >= 11 is 0. The van der Waals surface area contributed by atoms with Gasteiger partial charge in [0, 0.05) is 12.6 Å². The number of hydrogen-bond donors (Lipinski definition) is 2. The van der Waals surface area contributed by atoms with Crippen LogP contribution >= 0.6 is 0 Å². The highest BCUT2D eigenvalue weighted by atomic mass is 16.5. The van der Waals surface area contributed by atoms with Gasteiger partial charge >= 0.3 is 0 Å². The molecule has 2 atom stereocenters. The van der Waals surface area contributed by atoms with Crippen LogP contribution in [0.4, 0.5) is 0 Å². The summed E-state index contributed by atoms with van der Waals surface area (Å²) in [6.45, 7) is 3.17. The van der Waals surface area contributed by atoms with Gasteiger partial charge in [0.25, 0.3) is 0 Å². The molecular weight excluding hydrogens is 200 g/mol. The van der Waals surface area contributed by atoms with Gasteiger partial charge < -0.3 is 4.74 Å². The van der Waals surface area contributed by atoms with E-state index < -0.39 is 0 Å². The van der Waals surface area contributed by atoms with E-state index in [0.29, 0.717) is 12.1 Å². The van der Waals surface area contributed by atoms with Crippen LogP contribution in [0.1, 0.15) is 64.7 Å². The molecule has 0 aromatic rings. The van der Waals surface area contributed by atoms with E-state index in [9.17, 15) is 0 Å². The van der Waals surface area contributed by atoms with Gasteiger partial charge in [0.1, 0.15) is 0 Å². The molecule has 1 aliphatic heterocycles. The standard InChI is InChI=1S/C13H28N2O/c1-2-3-4-5-6-9-12(15-14)13-10-7-8-11-16-13/h12-13,15H,2-11,14H2,1H3. The zero-order valence-corrected chi connectivity index (χ0v) is 10.7. The molecule has 2 unspecified atom stereocenters. The van der Waals surface area contributed by atoms with Gasteiger partial charge in [0.05, 0.1) is 6.10 Å². The Bertz CT molecular complexity index is 158. The van der Waals surface area contributed by atoms with E-state index >= 15 is 0 Å². The predicted octanol–water partition coefficient (Wildman–Crippen LogP) is 2.75. The van der Waals surface area contributed by atoms with E-state index in [0.717, 1.165) is 13.0 Å². The summed E-state index contributed by atoms with van der Waals surface area (Å²) in [6, 6.07) is 0.363. The molecule has 0 spiro atoms. The molecule has 3 nitrogen and oxygen atoms in total. The molecule has 0 aliphatic carbocycles. The first-order valence-electron chi connectivity index (χ1n) is 6.96. The quantitative estimate of drug-likeness (QED) is 0.381. The van der Waals surface area contributed by atoms with Gasteiger partial charge in [-0.05, 0) is 25.7 Å². The second-order valence-corrected chi connectivity index (χ2v) is 4.88. The minimum atomic E-state index is 0.352. The minimum absolute atomic E-state index is 0.352. The molecule has 1 rings (SSSR count). The van der Waals surface area contributed by atoms with Gasteiger partial charge in [0.2, 0.25) is 0 Å². The molecule has 96 valence electrons. The number of hydrazine groups is 1. The molecule has 0 aromatic heterocycles. The van der Waals surface area contributed by atoms with Crippen LogP contribution in [-0.4, -0.2) is 18.8 Å². The summed E-state index contributed by atoms with van der Waals surface area (Å²) < 4.78 is 5.77. The number of hydrogen-bond acceptors (Lipinski definition) is 3. The number of ether oxygens (including phenoxy) is 1. The first kappa shape index (κ1) is 13.9. The van der Waals surface area contributed by atoms with Crippen LogP contribution in [-0.2, 0) is 4.74 Å². The second-order valence-electron chi connectivity index (χ2n) is 4.88. The lowest BCUT2D eigenvalue weighted by atomic mass is 9.97. The normalized spacial score (nSPS) is 23.2. The first-order valence-corrected chi connectivity index (χ1v) is 6.96. The SMILES string of the molecule is CCCCCCCC(NN)C1CCCCO1. The summed E-state index contributed by atoms with van der Waals surface area (Å²) in [5.74, 6) is 5.61. The lowest BCUT2D eigenvalue weighted by Gasteiger charge is -2.30. The molecule has 3 N–H and O–H groups in total. The van der Waals surface area contributed by atoms with Crippen molar-refractivity contribution in [1.82, 2.24) is 5.43 Å². The van der Waals surface area contributed by atoms with Crippen molar-refractivity contribution in [3.8, 4) is 0 Å². The lowest BCUT2D eigenvalue weighted by Crippen LogP contribution is -2.46. The van der Waals surface area contributed by atoms with Crippen LogP contribution < -0.4 is 11.3 Å². The van der Waals surface area contributed by atoms with Crippen LogP contribution in [0.5, 0.6) is 0 Å².